The third kappa shape index (κ3) is 1.01. The number of anilines is 1. The minimum absolute atomic E-state index is 0.122. The van der Waals surface area contributed by atoms with Crippen LogP contribution in [0.2, 0.25) is 0 Å². The number of hydrogen-bond acceptors (Lipinski definition) is 3. The van der Waals surface area contributed by atoms with E-state index >= 15 is 0 Å². The fraction of sp³-hybridized carbons (Fsp3) is 0.300. The molecule has 0 radical (unpaired) electrons. The lowest BCUT2D eigenvalue weighted by atomic mass is 9.96. The molecule has 0 fully saturated rings. The SMILES string of the molecule is O=C1Nc2cccc3c2C(CNC3)O1. The Bertz CT molecular complexity index is 403. The van der Waals surface area contributed by atoms with Gasteiger partial charge in [0.05, 0.1) is 5.69 Å². The van der Waals surface area contributed by atoms with Crippen LogP contribution in [0.4, 0.5) is 10.5 Å². The number of rotatable bonds is 0. The molecule has 3 rings (SSSR count). The number of nitrogens with one attached hydrogen (secondary N) is 2. The Morgan fingerprint density at radius 2 is 2.36 bits per heavy atom. The molecule has 1 aromatic carbocycles. The van der Waals surface area contributed by atoms with Crippen LogP contribution in [0.3, 0.4) is 0 Å². The molecule has 2 aliphatic heterocycles. The smallest absolute Gasteiger partial charge is 0.412 e. The van der Waals surface area contributed by atoms with Gasteiger partial charge in [-0.1, -0.05) is 12.1 Å². The summed E-state index contributed by atoms with van der Waals surface area (Å²) in [5.41, 5.74) is 3.23. The Morgan fingerprint density at radius 1 is 1.43 bits per heavy atom. The lowest BCUT2D eigenvalue weighted by Crippen LogP contribution is -2.36. The van der Waals surface area contributed by atoms with Gasteiger partial charge < -0.3 is 10.1 Å². The van der Waals surface area contributed by atoms with Crippen molar-refractivity contribution in [1.29, 1.82) is 0 Å². The first kappa shape index (κ1) is 7.82. The van der Waals surface area contributed by atoms with E-state index in [-0.39, 0.29) is 12.2 Å². The van der Waals surface area contributed by atoms with Gasteiger partial charge in [0.2, 0.25) is 0 Å². The standard InChI is InChI=1S/C10H10N2O2/c13-10-12-7-3-1-2-6-4-11-5-8(14-10)9(6)7/h1-3,8,11H,4-5H2,(H,12,13). The Morgan fingerprint density at radius 3 is 3.29 bits per heavy atom. The van der Waals surface area contributed by atoms with Crippen LogP contribution in [-0.2, 0) is 11.3 Å². The number of carbonyl (C=O) groups is 1. The van der Waals surface area contributed by atoms with Gasteiger partial charge in [-0.2, -0.15) is 0 Å². The molecule has 1 unspecified atom stereocenters. The molecule has 4 heteroatoms. The molecule has 14 heavy (non-hydrogen) atoms. The molecular weight excluding hydrogens is 180 g/mol. The second kappa shape index (κ2) is 2.72. The molecule has 4 nitrogen and oxygen atoms in total. The van der Waals surface area contributed by atoms with Crippen molar-refractivity contribution in [2.45, 2.75) is 12.6 Å². The van der Waals surface area contributed by atoms with Crippen LogP contribution in [0.25, 0.3) is 0 Å². The zero-order valence-corrected chi connectivity index (χ0v) is 7.54. The minimum atomic E-state index is -0.358. The summed E-state index contributed by atoms with van der Waals surface area (Å²) in [6.07, 6.45) is -0.480. The number of carbonyl (C=O) groups excluding carboxylic acids is 1. The van der Waals surface area contributed by atoms with Crippen LogP contribution < -0.4 is 10.6 Å². The Hall–Kier alpha value is -1.55. The molecule has 0 bridgehead atoms. The molecule has 2 heterocycles. The molecule has 1 amide bonds. The van der Waals surface area contributed by atoms with Gasteiger partial charge in [-0.05, 0) is 11.6 Å². The molecule has 2 aliphatic rings. The number of amides is 1. The molecule has 0 saturated carbocycles. The lowest BCUT2D eigenvalue weighted by Gasteiger charge is -2.32. The highest BCUT2D eigenvalue weighted by Gasteiger charge is 2.30. The normalized spacial score (nSPS) is 23.4. The van der Waals surface area contributed by atoms with Crippen LogP contribution in [0.1, 0.15) is 17.2 Å². The van der Waals surface area contributed by atoms with Crippen LogP contribution in [0.15, 0.2) is 18.2 Å². The summed E-state index contributed by atoms with van der Waals surface area (Å²) in [7, 11) is 0. The maximum Gasteiger partial charge on any atom is 0.412 e. The Labute approximate surface area is 81.3 Å². The Kier molecular flexibility index (Phi) is 1.52. The van der Waals surface area contributed by atoms with E-state index in [1.807, 2.05) is 12.1 Å². The molecule has 2 N–H and O–H groups in total. The van der Waals surface area contributed by atoms with Gasteiger partial charge in [-0.25, -0.2) is 4.79 Å². The van der Waals surface area contributed by atoms with E-state index in [2.05, 4.69) is 16.7 Å². The number of hydrogen-bond donors (Lipinski definition) is 2. The van der Waals surface area contributed by atoms with E-state index in [0.29, 0.717) is 6.54 Å². The van der Waals surface area contributed by atoms with Crippen LogP contribution in [0.5, 0.6) is 0 Å². The van der Waals surface area contributed by atoms with Crippen molar-refractivity contribution in [2.75, 3.05) is 11.9 Å². The molecule has 0 spiro atoms. The molecule has 1 aromatic rings. The van der Waals surface area contributed by atoms with E-state index in [0.717, 1.165) is 17.8 Å². The molecule has 0 aliphatic carbocycles. The summed E-state index contributed by atoms with van der Waals surface area (Å²) in [5, 5.41) is 5.93. The first-order valence-corrected chi connectivity index (χ1v) is 4.65. The van der Waals surface area contributed by atoms with E-state index in [9.17, 15) is 4.79 Å². The van der Waals surface area contributed by atoms with E-state index in [1.54, 1.807) is 0 Å². The number of ether oxygens (including phenoxy) is 1. The zero-order valence-electron chi connectivity index (χ0n) is 7.54. The number of benzene rings is 1. The van der Waals surface area contributed by atoms with Crippen molar-refractivity contribution in [2.24, 2.45) is 0 Å². The molecule has 1 atom stereocenters. The highest BCUT2D eigenvalue weighted by molar-refractivity contribution is 5.88. The van der Waals surface area contributed by atoms with Crippen molar-refractivity contribution >= 4 is 11.8 Å². The first-order valence-electron chi connectivity index (χ1n) is 4.65. The fourth-order valence-corrected chi connectivity index (χ4v) is 2.07. The zero-order chi connectivity index (χ0) is 9.54. The summed E-state index contributed by atoms with van der Waals surface area (Å²) < 4.78 is 5.18. The second-order valence-electron chi connectivity index (χ2n) is 3.53. The maximum absolute atomic E-state index is 11.2. The van der Waals surface area contributed by atoms with Gasteiger partial charge in [-0.15, -0.1) is 0 Å². The summed E-state index contributed by atoms with van der Waals surface area (Å²) in [5.74, 6) is 0. The van der Waals surface area contributed by atoms with Crippen molar-refractivity contribution in [3.05, 3.63) is 29.3 Å². The summed E-state index contributed by atoms with van der Waals surface area (Å²) in [6, 6.07) is 5.92. The minimum Gasteiger partial charge on any atom is -0.440 e. The van der Waals surface area contributed by atoms with Crippen LogP contribution in [0, 0.1) is 0 Å². The van der Waals surface area contributed by atoms with E-state index < -0.39 is 0 Å². The van der Waals surface area contributed by atoms with Gasteiger partial charge in [0.15, 0.2) is 0 Å². The van der Waals surface area contributed by atoms with E-state index in [1.165, 1.54) is 5.56 Å². The quantitative estimate of drug-likeness (QED) is 0.650. The van der Waals surface area contributed by atoms with Crippen molar-refractivity contribution < 1.29 is 9.53 Å². The second-order valence-corrected chi connectivity index (χ2v) is 3.53. The monoisotopic (exact) mass is 190 g/mol. The highest BCUT2D eigenvalue weighted by atomic mass is 16.6. The summed E-state index contributed by atoms with van der Waals surface area (Å²) >= 11 is 0. The summed E-state index contributed by atoms with van der Waals surface area (Å²) in [4.78, 5) is 11.2. The molecule has 0 aromatic heterocycles. The average Bonchev–Trinajstić information content (AvgIpc) is 2.18. The maximum atomic E-state index is 11.2. The Balaban J connectivity index is 2.18. The molecule has 0 saturated heterocycles. The molecule has 72 valence electrons. The van der Waals surface area contributed by atoms with Crippen LogP contribution >= 0.6 is 0 Å². The van der Waals surface area contributed by atoms with Crippen molar-refractivity contribution in [3.8, 4) is 0 Å². The predicted molar refractivity (Wildman–Crippen MR) is 51.0 cm³/mol. The van der Waals surface area contributed by atoms with Gasteiger partial charge in [0.25, 0.3) is 0 Å². The third-order valence-electron chi connectivity index (χ3n) is 2.65. The van der Waals surface area contributed by atoms with Crippen LogP contribution in [-0.4, -0.2) is 12.6 Å². The van der Waals surface area contributed by atoms with Gasteiger partial charge in [0.1, 0.15) is 6.10 Å². The van der Waals surface area contributed by atoms with Crippen molar-refractivity contribution in [1.82, 2.24) is 5.32 Å². The topological polar surface area (TPSA) is 50.4 Å². The highest BCUT2D eigenvalue weighted by Crippen LogP contribution is 2.35. The fourth-order valence-electron chi connectivity index (χ4n) is 2.07. The van der Waals surface area contributed by atoms with E-state index in [4.69, 9.17) is 4.74 Å². The first-order chi connectivity index (χ1) is 6.84. The predicted octanol–water partition coefficient (Wildman–Crippen LogP) is 1.39. The van der Waals surface area contributed by atoms with Gasteiger partial charge in [0, 0.05) is 18.7 Å². The largest absolute Gasteiger partial charge is 0.440 e. The van der Waals surface area contributed by atoms with Gasteiger partial charge >= 0.3 is 6.09 Å². The van der Waals surface area contributed by atoms with Crippen molar-refractivity contribution in [3.63, 3.8) is 0 Å². The molecular formula is C10H10N2O2. The third-order valence-corrected chi connectivity index (χ3v) is 2.65. The lowest BCUT2D eigenvalue weighted by molar-refractivity contribution is 0.100. The van der Waals surface area contributed by atoms with Gasteiger partial charge in [-0.3, -0.25) is 5.32 Å². The average molecular weight is 190 g/mol. The summed E-state index contributed by atoms with van der Waals surface area (Å²) in [6.45, 7) is 1.55.